The Balaban J connectivity index is 1.61. The molecule has 2 heterocycles. The zero-order valence-electron chi connectivity index (χ0n) is 19.9. The highest BCUT2D eigenvalue weighted by atomic mass is 16.5. The van der Waals surface area contributed by atoms with E-state index in [0.717, 1.165) is 37.1 Å². The van der Waals surface area contributed by atoms with E-state index < -0.39 is 5.92 Å². The van der Waals surface area contributed by atoms with Crippen molar-refractivity contribution in [3.05, 3.63) is 71.8 Å². The van der Waals surface area contributed by atoms with E-state index in [1.54, 1.807) is 4.90 Å². The zero-order chi connectivity index (χ0) is 23.9. The molecule has 0 bridgehead atoms. The number of methoxy groups -OCH3 is 1. The van der Waals surface area contributed by atoms with Gasteiger partial charge in [0.1, 0.15) is 0 Å². The standard InChI is InChI=1S/C27H35N3O4/c1-34-27(33)29-15-16-30(24(19-29)18-28-14-8-9-21(17-28)20-31)26(32)25(22-10-4-2-5-11-22)23-12-6-3-7-13-23/h2-7,10-13,21,24-25,31H,8-9,14-20H2,1H3. The molecule has 2 amide bonds. The Morgan fingerprint density at radius 3 is 2.21 bits per heavy atom. The molecular formula is C27H35N3O4. The quantitative estimate of drug-likeness (QED) is 0.710. The van der Waals surface area contributed by atoms with Crippen molar-refractivity contribution in [2.24, 2.45) is 5.92 Å². The fourth-order valence-electron chi connectivity index (χ4n) is 5.30. The summed E-state index contributed by atoms with van der Waals surface area (Å²) in [5, 5.41) is 9.67. The van der Waals surface area contributed by atoms with Crippen molar-refractivity contribution in [1.82, 2.24) is 14.7 Å². The van der Waals surface area contributed by atoms with Crippen molar-refractivity contribution in [3.8, 4) is 0 Å². The van der Waals surface area contributed by atoms with Gasteiger partial charge in [-0.25, -0.2) is 4.79 Å². The van der Waals surface area contributed by atoms with E-state index in [1.165, 1.54) is 7.11 Å². The Morgan fingerprint density at radius 1 is 0.971 bits per heavy atom. The molecule has 0 aromatic heterocycles. The van der Waals surface area contributed by atoms with E-state index in [0.29, 0.717) is 26.2 Å². The minimum Gasteiger partial charge on any atom is -0.453 e. The van der Waals surface area contributed by atoms with Gasteiger partial charge in [-0.1, -0.05) is 60.7 Å². The third-order valence-electron chi connectivity index (χ3n) is 7.04. The highest BCUT2D eigenvalue weighted by Gasteiger charge is 2.38. The van der Waals surface area contributed by atoms with Crippen LogP contribution >= 0.6 is 0 Å². The molecule has 2 aliphatic rings. The largest absolute Gasteiger partial charge is 0.453 e. The smallest absolute Gasteiger partial charge is 0.409 e. The number of ether oxygens (including phenoxy) is 1. The Labute approximate surface area is 201 Å². The lowest BCUT2D eigenvalue weighted by Gasteiger charge is -2.45. The summed E-state index contributed by atoms with van der Waals surface area (Å²) >= 11 is 0. The van der Waals surface area contributed by atoms with Crippen LogP contribution in [0.25, 0.3) is 0 Å². The summed E-state index contributed by atoms with van der Waals surface area (Å²) in [7, 11) is 1.40. The molecule has 7 heteroatoms. The van der Waals surface area contributed by atoms with Gasteiger partial charge in [0.2, 0.25) is 5.91 Å². The molecule has 0 saturated carbocycles. The fourth-order valence-corrected chi connectivity index (χ4v) is 5.30. The summed E-state index contributed by atoms with van der Waals surface area (Å²) in [6, 6.07) is 19.7. The predicted molar refractivity (Wildman–Crippen MR) is 130 cm³/mol. The summed E-state index contributed by atoms with van der Waals surface area (Å²) in [5.74, 6) is -0.0802. The predicted octanol–water partition coefficient (Wildman–Crippen LogP) is 2.80. The molecule has 2 fully saturated rings. The van der Waals surface area contributed by atoms with Crippen LogP contribution < -0.4 is 0 Å². The summed E-state index contributed by atoms with van der Waals surface area (Å²) in [6.45, 7) is 3.96. The second kappa shape index (κ2) is 11.5. The van der Waals surface area contributed by atoms with Crippen molar-refractivity contribution in [2.45, 2.75) is 24.8 Å². The normalized spacial score (nSPS) is 21.5. The number of hydrogen-bond acceptors (Lipinski definition) is 5. The van der Waals surface area contributed by atoms with Crippen molar-refractivity contribution in [1.29, 1.82) is 0 Å². The number of amides is 2. The number of aliphatic hydroxyl groups is 1. The molecule has 2 saturated heterocycles. The fraction of sp³-hybridized carbons (Fsp3) is 0.481. The molecule has 2 aliphatic heterocycles. The highest BCUT2D eigenvalue weighted by Crippen LogP contribution is 2.29. The molecule has 1 N–H and O–H groups in total. The SMILES string of the molecule is COC(=O)N1CCN(C(=O)C(c2ccccc2)c2ccccc2)C(CN2CCCC(CO)C2)C1. The molecular weight excluding hydrogens is 430 g/mol. The van der Waals surface area contributed by atoms with Crippen molar-refractivity contribution in [2.75, 3.05) is 53.0 Å². The van der Waals surface area contributed by atoms with Crippen LogP contribution in [-0.4, -0.2) is 90.8 Å². The van der Waals surface area contributed by atoms with Gasteiger partial charge in [-0.05, 0) is 36.4 Å². The lowest BCUT2D eigenvalue weighted by Crippen LogP contribution is -2.61. The maximum Gasteiger partial charge on any atom is 0.409 e. The van der Waals surface area contributed by atoms with Crippen LogP contribution in [0.4, 0.5) is 4.79 Å². The van der Waals surface area contributed by atoms with Gasteiger partial charge < -0.3 is 24.5 Å². The lowest BCUT2D eigenvalue weighted by atomic mass is 9.89. The van der Waals surface area contributed by atoms with Gasteiger partial charge in [0, 0.05) is 39.3 Å². The lowest BCUT2D eigenvalue weighted by molar-refractivity contribution is -0.137. The molecule has 2 aromatic rings. The maximum absolute atomic E-state index is 14.2. The molecule has 34 heavy (non-hydrogen) atoms. The van der Waals surface area contributed by atoms with Crippen molar-refractivity contribution >= 4 is 12.0 Å². The summed E-state index contributed by atoms with van der Waals surface area (Å²) < 4.78 is 4.98. The molecule has 2 unspecified atom stereocenters. The van der Waals surface area contributed by atoms with Gasteiger partial charge in [-0.2, -0.15) is 0 Å². The first kappa shape index (κ1) is 24.2. The van der Waals surface area contributed by atoms with E-state index in [9.17, 15) is 14.7 Å². The number of likely N-dealkylation sites (tertiary alicyclic amines) is 1. The van der Waals surface area contributed by atoms with Crippen LogP contribution in [0.5, 0.6) is 0 Å². The minimum absolute atomic E-state index is 0.0580. The van der Waals surface area contributed by atoms with E-state index in [1.807, 2.05) is 65.6 Å². The van der Waals surface area contributed by atoms with Crippen LogP contribution in [0.2, 0.25) is 0 Å². The monoisotopic (exact) mass is 465 g/mol. The molecule has 2 atom stereocenters. The third kappa shape index (κ3) is 5.59. The van der Waals surface area contributed by atoms with Crippen LogP contribution in [0.3, 0.4) is 0 Å². The number of hydrogen-bond donors (Lipinski definition) is 1. The first-order chi connectivity index (χ1) is 16.6. The number of carbonyl (C=O) groups is 2. The van der Waals surface area contributed by atoms with E-state index >= 15 is 0 Å². The molecule has 2 aromatic carbocycles. The Hall–Kier alpha value is -2.90. The maximum atomic E-state index is 14.2. The molecule has 0 radical (unpaired) electrons. The first-order valence-electron chi connectivity index (χ1n) is 12.2. The topological polar surface area (TPSA) is 73.3 Å². The number of aliphatic hydroxyl groups excluding tert-OH is 1. The molecule has 0 spiro atoms. The number of piperazine rings is 1. The third-order valence-corrected chi connectivity index (χ3v) is 7.04. The summed E-state index contributed by atoms with van der Waals surface area (Å²) in [5.41, 5.74) is 1.93. The summed E-state index contributed by atoms with van der Waals surface area (Å²) in [6.07, 6.45) is 1.70. The minimum atomic E-state index is -0.402. The van der Waals surface area contributed by atoms with Crippen LogP contribution in [-0.2, 0) is 9.53 Å². The Kier molecular flexibility index (Phi) is 8.19. The van der Waals surface area contributed by atoms with E-state index in [-0.39, 0.29) is 30.6 Å². The average Bonchev–Trinajstić information content (AvgIpc) is 2.89. The number of piperidine rings is 1. The number of benzene rings is 2. The number of nitrogens with zero attached hydrogens (tertiary/aromatic N) is 3. The van der Waals surface area contributed by atoms with Gasteiger partial charge in [-0.3, -0.25) is 4.79 Å². The number of carbonyl (C=O) groups excluding carboxylic acids is 2. The van der Waals surface area contributed by atoms with Crippen molar-refractivity contribution in [3.63, 3.8) is 0 Å². The van der Waals surface area contributed by atoms with Gasteiger partial charge >= 0.3 is 6.09 Å². The number of rotatable bonds is 6. The van der Waals surface area contributed by atoms with E-state index in [2.05, 4.69) is 4.90 Å². The second-order valence-electron chi connectivity index (χ2n) is 9.31. The first-order valence-corrected chi connectivity index (χ1v) is 12.2. The summed E-state index contributed by atoms with van der Waals surface area (Å²) in [4.78, 5) is 32.5. The van der Waals surface area contributed by atoms with Gasteiger partial charge in [0.15, 0.2) is 0 Å². The zero-order valence-corrected chi connectivity index (χ0v) is 19.9. The van der Waals surface area contributed by atoms with Crippen molar-refractivity contribution < 1.29 is 19.4 Å². The second-order valence-corrected chi connectivity index (χ2v) is 9.31. The average molecular weight is 466 g/mol. The Bertz CT molecular complexity index is 900. The molecule has 7 nitrogen and oxygen atoms in total. The van der Waals surface area contributed by atoms with Crippen LogP contribution in [0.1, 0.15) is 29.9 Å². The van der Waals surface area contributed by atoms with E-state index in [4.69, 9.17) is 4.74 Å². The highest BCUT2D eigenvalue weighted by molar-refractivity contribution is 5.87. The molecule has 0 aliphatic carbocycles. The van der Waals surface area contributed by atoms with Crippen LogP contribution in [0, 0.1) is 5.92 Å². The molecule has 182 valence electrons. The molecule has 4 rings (SSSR count). The van der Waals surface area contributed by atoms with Gasteiger partial charge in [0.05, 0.1) is 19.1 Å². The van der Waals surface area contributed by atoms with Crippen LogP contribution in [0.15, 0.2) is 60.7 Å². The Morgan fingerprint density at radius 2 is 1.62 bits per heavy atom. The van der Waals surface area contributed by atoms with Gasteiger partial charge in [0.25, 0.3) is 0 Å². The van der Waals surface area contributed by atoms with Gasteiger partial charge in [-0.15, -0.1) is 0 Å².